The highest BCUT2D eigenvalue weighted by Crippen LogP contribution is 2.35. The van der Waals surface area contributed by atoms with E-state index in [1.807, 2.05) is 30.3 Å². The van der Waals surface area contributed by atoms with E-state index in [0.29, 0.717) is 22.7 Å². The Morgan fingerprint density at radius 3 is 2.28 bits per heavy atom. The van der Waals surface area contributed by atoms with Crippen molar-refractivity contribution in [3.8, 4) is 0 Å². The number of ether oxygens (including phenoxy) is 1. The molecule has 0 saturated heterocycles. The Hall–Kier alpha value is -4.22. The molecule has 1 fully saturated rings. The predicted molar refractivity (Wildman–Crippen MR) is 188 cm³/mol. The third-order valence-corrected chi connectivity index (χ3v) is 8.70. The summed E-state index contributed by atoms with van der Waals surface area (Å²) in [6.07, 6.45) is -3.35. The van der Waals surface area contributed by atoms with Crippen LogP contribution in [0.4, 0.5) is 28.0 Å². The normalized spacial score (nSPS) is 15.6. The minimum Gasteiger partial charge on any atom is -0.444 e. The van der Waals surface area contributed by atoms with Gasteiger partial charge in [0.05, 0.1) is 23.8 Å². The van der Waals surface area contributed by atoms with E-state index in [1.165, 1.54) is 31.0 Å². The zero-order valence-corrected chi connectivity index (χ0v) is 29.5. The molecule has 4 rings (SSSR count). The van der Waals surface area contributed by atoms with Crippen LogP contribution in [-0.4, -0.2) is 37.2 Å². The first-order chi connectivity index (χ1) is 23.6. The fourth-order valence-electron chi connectivity index (χ4n) is 5.70. The molecule has 0 radical (unpaired) electrons. The average Bonchev–Trinajstić information content (AvgIpc) is 3.89. The summed E-state index contributed by atoms with van der Waals surface area (Å²) in [7, 11) is 1.50. The zero-order valence-electron chi connectivity index (χ0n) is 29.5. The number of anilines is 1. The fraction of sp³-hybridized carbons (Fsp3) is 0.436. The van der Waals surface area contributed by atoms with Crippen LogP contribution in [-0.2, 0) is 16.1 Å². The Labute approximate surface area is 292 Å². The molecule has 1 aliphatic rings. The fourth-order valence-corrected chi connectivity index (χ4v) is 5.70. The smallest absolute Gasteiger partial charge is 0.407 e. The lowest BCUT2D eigenvalue weighted by molar-refractivity contribution is -0.125. The maximum absolute atomic E-state index is 15.5. The molecular formula is C39H48F4N4O3. The molecule has 3 aromatic carbocycles. The summed E-state index contributed by atoms with van der Waals surface area (Å²) in [5.41, 5.74) is 5.09. The maximum Gasteiger partial charge on any atom is 0.407 e. The summed E-state index contributed by atoms with van der Waals surface area (Å²) < 4.78 is 61.5. The number of alkyl carbamates (subject to hydrolysis) is 1. The summed E-state index contributed by atoms with van der Waals surface area (Å²) in [4.78, 5) is 26.4. The van der Waals surface area contributed by atoms with Crippen molar-refractivity contribution in [2.75, 3.05) is 18.6 Å². The number of carbonyl (C=O) groups is 2. The van der Waals surface area contributed by atoms with Crippen LogP contribution in [0, 0.1) is 17.7 Å². The Morgan fingerprint density at radius 2 is 1.66 bits per heavy atom. The summed E-state index contributed by atoms with van der Waals surface area (Å²) in [6, 6.07) is 21.2. The zero-order chi connectivity index (χ0) is 36.6. The van der Waals surface area contributed by atoms with Gasteiger partial charge in [-0.3, -0.25) is 9.80 Å². The third-order valence-electron chi connectivity index (χ3n) is 8.70. The Bertz CT molecular complexity index is 1630. The Morgan fingerprint density at radius 1 is 0.960 bits per heavy atom. The Kier molecular flexibility index (Phi) is 12.9. The number of hydrogen-bond acceptors (Lipinski definition) is 6. The topological polar surface area (TPSA) is 82.7 Å². The number of benzene rings is 3. The van der Waals surface area contributed by atoms with E-state index in [9.17, 15) is 22.8 Å². The van der Waals surface area contributed by atoms with Crippen molar-refractivity contribution in [1.82, 2.24) is 16.1 Å². The number of amides is 1. The number of halogens is 4. The molecule has 3 atom stereocenters. The van der Waals surface area contributed by atoms with Gasteiger partial charge in [-0.05, 0) is 98.5 Å². The van der Waals surface area contributed by atoms with Gasteiger partial charge in [0.25, 0.3) is 0 Å². The van der Waals surface area contributed by atoms with Gasteiger partial charge in [-0.25, -0.2) is 14.6 Å². The highest BCUT2D eigenvalue weighted by molar-refractivity contribution is 6.00. The van der Waals surface area contributed by atoms with E-state index in [-0.39, 0.29) is 18.3 Å². The van der Waals surface area contributed by atoms with E-state index in [2.05, 4.69) is 16.1 Å². The van der Waals surface area contributed by atoms with Crippen LogP contribution in [0.2, 0.25) is 0 Å². The van der Waals surface area contributed by atoms with Crippen molar-refractivity contribution >= 4 is 17.6 Å². The van der Waals surface area contributed by atoms with E-state index >= 15 is 4.39 Å². The number of hydrazine groups is 1. The first kappa shape index (κ1) is 38.6. The maximum atomic E-state index is 15.5. The molecule has 3 N–H and O–H groups in total. The van der Waals surface area contributed by atoms with Crippen molar-refractivity contribution in [2.24, 2.45) is 11.8 Å². The first-order valence-corrected chi connectivity index (χ1v) is 17.0. The molecule has 11 heteroatoms. The van der Waals surface area contributed by atoms with E-state index < -0.39 is 47.7 Å². The molecule has 0 aliphatic heterocycles. The van der Waals surface area contributed by atoms with Gasteiger partial charge in [0.15, 0.2) is 5.78 Å². The highest BCUT2D eigenvalue weighted by atomic mass is 19.4. The number of ketones is 1. The van der Waals surface area contributed by atoms with Crippen molar-refractivity contribution in [3.63, 3.8) is 0 Å². The van der Waals surface area contributed by atoms with Gasteiger partial charge in [-0.2, -0.15) is 13.2 Å². The molecule has 7 nitrogen and oxygen atoms in total. The molecule has 3 aromatic rings. The second-order valence-corrected chi connectivity index (χ2v) is 13.9. The largest absolute Gasteiger partial charge is 0.444 e. The molecule has 270 valence electrons. The number of allylic oxidation sites excluding steroid dienone is 2. The third kappa shape index (κ3) is 11.1. The van der Waals surface area contributed by atoms with Gasteiger partial charge < -0.3 is 15.4 Å². The van der Waals surface area contributed by atoms with Crippen LogP contribution in [0.15, 0.2) is 84.6 Å². The molecule has 50 heavy (non-hydrogen) atoms. The van der Waals surface area contributed by atoms with Crippen LogP contribution >= 0.6 is 0 Å². The number of nitrogens with zero attached hydrogens (tertiary/aromatic N) is 1. The minimum atomic E-state index is -4.57. The van der Waals surface area contributed by atoms with Gasteiger partial charge in [0, 0.05) is 19.5 Å². The average molecular weight is 697 g/mol. The van der Waals surface area contributed by atoms with Crippen LogP contribution in [0.1, 0.15) is 88.1 Å². The summed E-state index contributed by atoms with van der Waals surface area (Å²) in [5, 5.41) is 7.57. The molecular weight excluding hydrogens is 648 g/mol. The standard InChI is InChI=1S/C39H48F4N4O3/c1-25(32-22-30(17-18-33(32)40)35(45-23-27-15-16-27)29-12-8-7-9-13-29)26(2)36(48)34(19-20-39(41,42)43)47(44-6)31-14-10-11-28(21-31)24-46-37(49)50-38(3,4)5/h7-14,17-19,21-22,25-27,35,44-45H,15-16,20,23-24H2,1-6H3,(H,46,49). The number of rotatable bonds is 15. The van der Waals surface area contributed by atoms with Gasteiger partial charge >= 0.3 is 12.3 Å². The monoisotopic (exact) mass is 696 g/mol. The Balaban J connectivity index is 1.62. The molecule has 0 aromatic heterocycles. The summed E-state index contributed by atoms with van der Waals surface area (Å²) >= 11 is 0. The van der Waals surface area contributed by atoms with Crippen molar-refractivity contribution < 1.29 is 31.9 Å². The van der Waals surface area contributed by atoms with Gasteiger partial charge in [-0.15, -0.1) is 0 Å². The van der Waals surface area contributed by atoms with E-state index in [0.717, 1.165) is 23.7 Å². The highest BCUT2D eigenvalue weighted by Gasteiger charge is 2.33. The van der Waals surface area contributed by atoms with Gasteiger partial charge in [0.2, 0.25) is 0 Å². The van der Waals surface area contributed by atoms with Crippen molar-refractivity contribution in [2.45, 2.75) is 84.2 Å². The number of hydrogen-bond donors (Lipinski definition) is 3. The second-order valence-electron chi connectivity index (χ2n) is 13.9. The number of Topliss-reactive ketones (excluding diaryl/α,β-unsaturated/α-hetero) is 1. The predicted octanol–water partition coefficient (Wildman–Crippen LogP) is 8.73. The number of carbonyl (C=O) groups excluding carboxylic acids is 2. The molecule has 1 amide bonds. The van der Waals surface area contributed by atoms with Gasteiger partial charge in [-0.1, -0.05) is 68.4 Å². The van der Waals surface area contributed by atoms with Crippen LogP contribution in [0.5, 0.6) is 0 Å². The lowest BCUT2D eigenvalue weighted by Gasteiger charge is -2.30. The molecule has 3 unspecified atom stereocenters. The number of alkyl halides is 3. The molecule has 1 saturated carbocycles. The van der Waals surface area contributed by atoms with Crippen LogP contribution in [0.3, 0.4) is 0 Å². The van der Waals surface area contributed by atoms with Crippen LogP contribution < -0.4 is 21.1 Å². The first-order valence-electron chi connectivity index (χ1n) is 17.0. The minimum absolute atomic E-state index is 0.0817. The quantitative estimate of drug-likeness (QED) is 0.0838. The summed E-state index contributed by atoms with van der Waals surface area (Å²) in [5.74, 6) is -2.06. The molecule has 0 heterocycles. The lowest BCUT2D eigenvalue weighted by atomic mass is 9.83. The van der Waals surface area contributed by atoms with E-state index in [4.69, 9.17) is 4.74 Å². The SMILES string of the molecule is CNN(C(=CCC(F)(F)F)C(=O)C(C)C(C)c1cc(C(NCC2CC2)c2ccccc2)ccc1F)c1cccc(CNC(=O)OC(C)(C)C)c1. The van der Waals surface area contributed by atoms with E-state index in [1.54, 1.807) is 71.0 Å². The molecule has 0 spiro atoms. The van der Waals surface area contributed by atoms with Crippen molar-refractivity contribution in [1.29, 1.82) is 0 Å². The molecule has 0 bridgehead atoms. The lowest BCUT2D eigenvalue weighted by Crippen LogP contribution is -2.40. The summed E-state index contributed by atoms with van der Waals surface area (Å²) in [6.45, 7) is 9.45. The van der Waals surface area contributed by atoms with Crippen molar-refractivity contribution in [3.05, 3.63) is 113 Å². The van der Waals surface area contributed by atoms with Crippen LogP contribution in [0.25, 0.3) is 0 Å². The molecule has 1 aliphatic carbocycles. The second kappa shape index (κ2) is 16.7. The number of nitrogens with one attached hydrogen (secondary N) is 3. The van der Waals surface area contributed by atoms with Gasteiger partial charge in [0.1, 0.15) is 11.4 Å².